The largest absolute Gasteiger partial charge is 0.467 e. The standard InChI is InChI=1S/C19H21N3O3S/c23-18-21(14-17-7-3-12-25-17)19(24)26-22(18)10-4-9-20-11-8-15-5-1-2-6-16(15)13-20/h1-3,5-7,12H,4,8-11,13-14H2. The maximum atomic E-state index is 12.4. The maximum Gasteiger partial charge on any atom is 0.341 e. The molecule has 0 bridgehead atoms. The molecule has 3 heterocycles. The zero-order valence-corrected chi connectivity index (χ0v) is 15.3. The molecule has 2 aromatic heterocycles. The summed E-state index contributed by atoms with van der Waals surface area (Å²) in [6.07, 6.45) is 3.47. The van der Waals surface area contributed by atoms with Gasteiger partial charge in [0, 0.05) is 37.7 Å². The van der Waals surface area contributed by atoms with E-state index in [1.54, 1.807) is 22.4 Å². The molecule has 0 saturated heterocycles. The van der Waals surface area contributed by atoms with E-state index in [4.69, 9.17) is 4.42 Å². The SMILES string of the molecule is O=c1sn(CCCN2CCc3ccccc3C2)c(=O)n1Cc1ccco1. The Morgan fingerprint density at radius 2 is 1.88 bits per heavy atom. The van der Waals surface area contributed by atoms with E-state index in [-0.39, 0.29) is 17.1 Å². The van der Waals surface area contributed by atoms with Crippen LogP contribution in [-0.4, -0.2) is 26.5 Å². The van der Waals surface area contributed by atoms with E-state index in [1.807, 2.05) is 0 Å². The number of fused-ring (bicyclic) bond motifs is 1. The predicted octanol–water partition coefficient (Wildman–Crippen LogP) is 2.16. The van der Waals surface area contributed by atoms with Crippen molar-refractivity contribution in [1.29, 1.82) is 0 Å². The van der Waals surface area contributed by atoms with Gasteiger partial charge in [0.2, 0.25) is 0 Å². The fraction of sp³-hybridized carbons (Fsp3) is 0.368. The molecule has 26 heavy (non-hydrogen) atoms. The van der Waals surface area contributed by atoms with E-state index in [1.165, 1.54) is 15.7 Å². The Bertz CT molecular complexity index is 984. The highest BCUT2D eigenvalue weighted by Crippen LogP contribution is 2.18. The van der Waals surface area contributed by atoms with E-state index in [2.05, 4.69) is 29.2 Å². The van der Waals surface area contributed by atoms with Gasteiger partial charge in [-0.05, 0) is 36.1 Å². The third-order valence-electron chi connectivity index (χ3n) is 4.79. The summed E-state index contributed by atoms with van der Waals surface area (Å²) in [7, 11) is 0. The fourth-order valence-corrected chi connectivity index (χ4v) is 4.24. The molecule has 6 nitrogen and oxygen atoms in total. The van der Waals surface area contributed by atoms with Crippen LogP contribution in [0.4, 0.5) is 0 Å². The molecule has 0 N–H and O–H groups in total. The first-order chi connectivity index (χ1) is 12.7. The molecule has 0 aliphatic carbocycles. The van der Waals surface area contributed by atoms with Crippen LogP contribution in [0.25, 0.3) is 0 Å². The minimum atomic E-state index is -0.250. The summed E-state index contributed by atoms with van der Waals surface area (Å²) in [4.78, 5) is 26.7. The lowest BCUT2D eigenvalue weighted by molar-refractivity contribution is 0.247. The number of furan rings is 1. The van der Waals surface area contributed by atoms with E-state index in [0.717, 1.165) is 44.0 Å². The monoisotopic (exact) mass is 371 g/mol. The van der Waals surface area contributed by atoms with Crippen LogP contribution in [0.3, 0.4) is 0 Å². The summed E-state index contributed by atoms with van der Waals surface area (Å²) in [5, 5.41) is 0. The number of aryl methyl sites for hydroxylation is 1. The van der Waals surface area contributed by atoms with Crippen LogP contribution in [0, 0.1) is 0 Å². The summed E-state index contributed by atoms with van der Waals surface area (Å²) < 4.78 is 8.03. The molecule has 1 aliphatic rings. The van der Waals surface area contributed by atoms with Crippen LogP contribution in [-0.2, 0) is 26.1 Å². The maximum absolute atomic E-state index is 12.4. The number of benzene rings is 1. The number of nitrogens with zero attached hydrogens (tertiary/aromatic N) is 3. The first kappa shape index (κ1) is 17.1. The van der Waals surface area contributed by atoms with Crippen molar-refractivity contribution in [1.82, 2.24) is 13.4 Å². The van der Waals surface area contributed by atoms with Crippen LogP contribution in [0.5, 0.6) is 0 Å². The van der Waals surface area contributed by atoms with Gasteiger partial charge in [0.25, 0.3) is 0 Å². The Morgan fingerprint density at radius 3 is 2.69 bits per heavy atom. The second-order valence-corrected chi connectivity index (χ2v) is 7.53. The fourth-order valence-electron chi connectivity index (χ4n) is 3.41. The van der Waals surface area contributed by atoms with Crippen molar-refractivity contribution in [3.63, 3.8) is 0 Å². The molecule has 1 aliphatic heterocycles. The van der Waals surface area contributed by atoms with E-state index < -0.39 is 0 Å². The zero-order valence-electron chi connectivity index (χ0n) is 14.5. The summed E-state index contributed by atoms with van der Waals surface area (Å²) in [5.41, 5.74) is 2.58. The van der Waals surface area contributed by atoms with Gasteiger partial charge in [0.1, 0.15) is 5.76 Å². The van der Waals surface area contributed by atoms with Gasteiger partial charge < -0.3 is 4.42 Å². The number of rotatable bonds is 6. The van der Waals surface area contributed by atoms with Gasteiger partial charge in [-0.15, -0.1) is 0 Å². The first-order valence-electron chi connectivity index (χ1n) is 8.83. The third kappa shape index (κ3) is 3.59. The van der Waals surface area contributed by atoms with Gasteiger partial charge in [-0.1, -0.05) is 24.3 Å². The molecular formula is C19H21N3O3S. The van der Waals surface area contributed by atoms with Crippen LogP contribution in [0.1, 0.15) is 23.3 Å². The first-order valence-corrected chi connectivity index (χ1v) is 9.60. The Hall–Kier alpha value is -2.38. The van der Waals surface area contributed by atoms with Gasteiger partial charge in [-0.2, -0.15) is 0 Å². The third-order valence-corrected chi connectivity index (χ3v) is 5.73. The zero-order chi connectivity index (χ0) is 17.9. The highest BCUT2D eigenvalue weighted by molar-refractivity contribution is 7.03. The van der Waals surface area contributed by atoms with Gasteiger partial charge in [0.05, 0.1) is 12.8 Å². The molecule has 0 spiro atoms. The van der Waals surface area contributed by atoms with Gasteiger partial charge in [-0.3, -0.25) is 9.69 Å². The number of hydrogen-bond donors (Lipinski definition) is 0. The van der Waals surface area contributed by atoms with Gasteiger partial charge >= 0.3 is 10.6 Å². The summed E-state index contributed by atoms with van der Waals surface area (Å²) in [6, 6.07) is 12.1. The van der Waals surface area contributed by atoms with Crippen molar-refractivity contribution in [2.45, 2.75) is 32.5 Å². The van der Waals surface area contributed by atoms with Crippen molar-refractivity contribution < 1.29 is 4.42 Å². The smallest absolute Gasteiger partial charge is 0.341 e. The average molecular weight is 371 g/mol. The Balaban J connectivity index is 1.36. The van der Waals surface area contributed by atoms with E-state index >= 15 is 0 Å². The van der Waals surface area contributed by atoms with Gasteiger partial charge in [-0.25, -0.2) is 13.3 Å². The normalized spacial score (nSPS) is 14.5. The molecule has 4 rings (SSSR count). The van der Waals surface area contributed by atoms with Gasteiger partial charge in [0.15, 0.2) is 0 Å². The number of hydrogen-bond acceptors (Lipinski definition) is 5. The second kappa shape index (κ2) is 7.47. The summed E-state index contributed by atoms with van der Waals surface area (Å²) in [5.74, 6) is 0.612. The molecule has 0 atom stereocenters. The molecule has 136 valence electrons. The van der Waals surface area contributed by atoms with Crippen LogP contribution >= 0.6 is 11.5 Å². The van der Waals surface area contributed by atoms with Crippen molar-refractivity contribution in [2.75, 3.05) is 13.1 Å². The minimum Gasteiger partial charge on any atom is -0.467 e. The Morgan fingerprint density at radius 1 is 1.04 bits per heavy atom. The predicted molar refractivity (Wildman–Crippen MR) is 101 cm³/mol. The lowest BCUT2D eigenvalue weighted by Crippen LogP contribution is -2.33. The number of aromatic nitrogens is 2. The molecule has 0 saturated carbocycles. The van der Waals surface area contributed by atoms with Crippen molar-refractivity contribution in [3.8, 4) is 0 Å². The molecule has 1 aromatic carbocycles. The van der Waals surface area contributed by atoms with Crippen LogP contribution in [0.15, 0.2) is 56.7 Å². The molecule has 7 heteroatoms. The highest BCUT2D eigenvalue weighted by atomic mass is 32.1. The molecule has 0 radical (unpaired) electrons. The average Bonchev–Trinajstić information content (AvgIpc) is 3.26. The lowest BCUT2D eigenvalue weighted by Gasteiger charge is -2.28. The van der Waals surface area contributed by atoms with Crippen LogP contribution < -0.4 is 10.6 Å². The van der Waals surface area contributed by atoms with E-state index in [0.29, 0.717) is 12.3 Å². The molecule has 0 amide bonds. The highest BCUT2D eigenvalue weighted by Gasteiger charge is 2.16. The van der Waals surface area contributed by atoms with Crippen molar-refractivity contribution in [3.05, 3.63) is 79.7 Å². The lowest BCUT2D eigenvalue weighted by atomic mass is 10.00. The summed E-state index contributed by atoms with van der Waals surface area (Å²) in [6.45, 7) is 3.69. The van der Waals surface area contributed by atoms with E-state index in [9.17, 15) is 9.59 Å². The summed E-state index contributed by atoms with van der Waals surface area (Å²) >= 11 is 0.989. The van der Waals surface area contributed by atoms with Crippen molar-refractivity contribution in [2.24, 2.45) is 0 Å². The molecular weight excluding hydrogens is 350 g/mol. The second-order valence-electron chi connectivity index (χ2n) is 6.56. The molecule has 3 aromatic rings. The van der Waals surface area contributed by atoms with Crippen molar-refractivity contribution >= 4 is 11.5 Å². The van der Waals surface area contributed by atoms with Crippen LogP contribution in [0.2, 0.25) is 0 Å². The molecule has 0 unspecified atom stereocenters. The minimum absolute atomic E-state index is 0.192. The quantitative estimate of drug-likeness (QED) is 0.666. The molecule has 0 fully saturated rings. The Kier molecular flexibility index (Phi) is 4.90. The topological polar surface area (TPSA) is 60.4 Å². The Labute approximate surface area is 155 Å².